The van der Waals surface area contributed by atoms with E-state index in [1.165, 1.54) is 6.21 Å². The summed E-state index contributed by atoms with van der Waals surface area (Å²) >= 11 is 12.3. The van der Waals surface area contributed by atoms with Crippen LogP contribution in [0.15, 0.2) is 72.4 Å². The van der Waals surface area contributed by atoms with Gasteiger partial charge in [0.25, 0.3) is 11.8 Å². The molecular weight excluding hydrogens is 577 g/mol. The molecule has 1 atom stereocenters. The zero-order valence-corrected chi connectivity index (χ0v) is 25.6. The zero-order chi connectivity index (χ0) is 30.6. The Morgan fingerprint density at radius 3 is 2.38 bits per heavy atom. The van der Waals surface area contributed by atoms with Gasteiger partial charge >= 0.3 is 0 Å². The van der Waals surface area contributed by atoms with E-state index in [2.05, 4.69) is 22.4 Å². The number of hydrogen-bond donors (Lipinski definition) is 2. The molecule has 222 valence electrons. The summed E-state index contributed by atoms with van der Waals surface area (Å²) in [5.41, 5.74) is 5.23. The van der Waals surface area contributed by atoms with Gasteiger partial charge in [0.1, 0.15) is 18.4 Å². The Balaban J connectivity index is 1.75. The van der Waals surface area contributed by atoms with E-state index < -0.39 is 11.9 Å². The van der Waals surface area contributed by atoms with E-state index in [1.807, 2.05) is 32.9 Å². The van der Waals surface area contributed by atoms with Crippen LogP contribution in [-0.2, 0) is 17.8 Å². The SMILES string of the molecule is C=CCc1cc(C=NNC(=O)C(NC(=O)c2ccc(OC)cc2)C(C)C)cc(OCC)c1OCc1ccc(Cl)cc1Cl. The Kier molecular flexibility index (Phi) is 12.3. The predicted octanol–water partition coefficient (Wildman–Crippen LogP) is 6.61. The highest BCUT2D eigenvalue weighted by Gasteiger charge is 2.24. The van der Waals surface area contributed by atoms with E-state index in [0.717, 1.165) is 11.1 Å². The molecule has 0 aliphatic heterocycles. The predicted molar refractivity (Wildman–Crippen MR) is 167 cm³/mol. The molecule has 0 fully saturated rings. The van der Waals surface area contributed by atoms with Crippen molar-refractivity contribution in [1.29, 1.82) is 0 Å². The molecule has 3 aromatic rings. The Labute approximate surface area is 256 Å². The van der Waals surface area contributed by atoms with E-state index in [-0.39, 0.29) is 18.4 Å². The second-order valence-electron chi connectivity index (χ2n) is 9.62. The zero-order valence-electron chi connectivity index (χ0n) is 24.1. The number of benzene rings is 3. The van der Waals surface area contributed by atoms with Gasteiger partial charge in [0.2, 0.25) is 0 Å². The molecule has 0 saturated heterocycles. The van der Waals surface area contributed by atoms with E-state index in [9.17, 15) is 9.59 Å². The van der Waals surface area contributed by atoms with Gasteiger partial charge in [0.15, 0.2) is 11.5 Å². The molecule has 8 nitrogen and oxygen atoms in total. The highest BCUT2D eigenvalue weighted by Crippen LogP contribution is 2.35. The van der Waals surface area contributed by atoms with Crippen molar-refractivity contribution in [3.63, 3.8) is 0 Å². The lowest BCUT2D eigenvalue weighted by atomic mass is 10.0. The fourth-order valence-electron chi connectivity index (χ4n) is 4.02. The molecule has 0 aliphatic rings. The Bertz CT molecular complexity index is 1420. The van der Waals surface area contributed by atoms with Crippen LogP contribution in [0.4, 0.5) is 0 Å². The molecule has 42 heavy (non-hydrogen) atoms. The normalized spacial score (nSPS) is 11.7. The summed E-state index contributed by atoms with van der Waals surface area (Å²) < 4.78 is 17.2. The first-order chi connectivity index (χ1) is 20.2. The minimum Gasteiger partial charge on any atom is -0.497 e. The highest BCUT2D eigenvalue weighted by molar-refractivity contribution is 6.35. The number of rotatable bonds is 14. The Morgan fingerprint density at radius 2 is 1.76 bits per heavy atom. The first kappa shape index (κ1) is 32.5. The van der Waals surface area contributed by atoms with Gasteiger partial charge in [0.05, 0.1) is 19.9 Å². The van der Waals surface area contributed by atoms with Gasteiger partial charge in [-0.05, 0) is 73.4 Å². The summed E-state index contributed by atoms with van der Waals surface area (Å²) in [4.78, 5) is 25.7. The summed E-state index contributed by atoms with van der Waals surface area (Å²) in [5, 5.41) is 7.98. The van der Waals surface area contributed by atoms with Crippen molar-refractivity contribution in [2.45, 2.75) is 39.8 Å². The number of allylic oxidation sites excluding steroid dienone is 1. The topological polar surface area (TPSA) is 98.3 Å². The third-order valence-corrected chi connectivity index (χ3v) is 6.77. The quantitative estimate of drug-likeness (QED) is 0.121. The number of ether oxygens (including phenoxy) is 3. The van der Waals surface area contributed by atoms with E-state index in [4.69, 9.17) is 37.4 Å². The first-order valence-corrected chi connectivity index (χ1v) is 14.2. The molecule has 3 aromatic carbocycles. The smallest absolute Gasteiger partial charge is 0.262 e. The number of nitrogens with zero attached hydrogens (tertiary/aromatic N) is 1. The van der Waals surface area contributed by atoms with Crippen molar-refractivity contribution in [3.05, 3.63) is 99.6 Å². The number of halogens is 2. The lowest BCUT2D eigenvalue weighted by molar-refractivity contribution is -0.123. The van der Waals surface area contributed by atoms with Crippen LogP contribution in [0.2, 0.25) is 10.0 Å². The fourth-order valence-corrected chi connectivity index (χ4v) is 4.49. The molecule has 0 saturated carbocycles. The van der Waals surface area contributed by atoms with Gasteiger partial charge in [-0.15, -0.1) is 6.58 Å². The van der Waals surface area contributed by atoms with Crippen LogP contribution in [0.5, 0.6) is 17.2 Å². The van der Waals surface area contributed by atoms with Crippen molar-refractivity contribution in [2.24, 2.45) is 11.0 Å². The Morgan fingerprint density at radius 1 is 1.02 bits per heavy atom. The summed E-state index contributed by atoms with van der Waals surface area (Å²) in [6.45, 7) is 10.0. The molecule has 3 rings (SSSR count). The summed E-state index contributed by atoms with van der Waals surface area (Å²) in [5.74, 6) is 0.706. The van der Waals surface area contributed by atoms with Crippen LogP contribution in [0.25, 0.3) is 0 Å². The van der Waals surface area contributed by atoms with Crippen molar-refractivity contribution >= 4 is 41.2 Å². The van der Waals surface area contributed by atoms with Gasteiger partial charge in [-0.1, -0.05) is 49.2 Å². The number of methoxy groups -OCH3 is 1. The molecule has 0 radical (unpaired) electrons. The Hall–Kier alpha value is -4.01. The van der Waals surface area contributed by atoms with Crippen molar-refractivity contribution in [2.75, 3.05) is 13.7 Å². The van der Waals surface area contributed by atoms with Gasteiger partial charge in [-0.25, -0.2) is 5.43 Å². The van der Waals surface area contributed by atoms with Crippen LogP contribution < -0.4 is 25.0 Å². The van der Waals surface area contributed by atoms with Crippen LogP contribution in [0.3, 0.4) is 0 Å². The summed E-state index contributed by atoms with van der Waals surface area (Å²) in [6.07, 6.45) is 3.77. The third-order valence-electron chi connectivity index (χ3n) is 6.18. The average molecular weight is 613 g/mol. The molecule has 1 unspecified atom stereocenters. The maximum absolute atomic E-state index is 13.0. The van der Waals surface area contributed by atoms with Gasteiger partial charge in [-0.3, -0.25) is 9.59 Å². The van der Waals surface area contributed by atoms with Crippen LogP contribution in [0, 0.1) is 5.92 Å². The van der Waals surface area contributed by atoms with Crippen LogP contribution in [0.1, 0.15) is 47.8 Å². The summed E-state index contributed by atoms with van der Waals surface area (Å²) in [6, 6.07) is 14.7. The number of hydrazone groups is 1. The summed E-state index contributed by atoms with van der Waals surface area (Å²) in [7, 11) is 1.55. The lowest BCUT2D eigenvalue weighted by Crippen LogP contribution is -2.48. The molecule has 2 amide bonds. The van der Waals surface area contributed by atoms with Crippen LogP contribution in [-0.4, -0.2) is 37.8 Å². The second-order valence-corrected chi connectivity index (χ2v) is 10.5. The fraction of sp³-hybridized carbons (Fsp3) is 0.281. The van der Waals surface area contributed by atoms with E-state index in [0.29, 0.717) is 51.4 Å². The number of amides is 2. The van der Waals surface area contributed by atoms with Crippen molar-refractivity contribution in [3.8, 4) is 17.2 Å². The molecule has 0 bridgehead atoms. The average Bonchev–Trinajstić information content (AvgIpc) is 2.96. The molecule has 10 heteroatoms. The van der Waals surface area contributed by atoms with E-state index in [1.54, 1.807) is 55.7 Å². The molecule has 0 aliphatic carbocycles. The van der Waals surface area contributed by atoms with Crippen LogP contribution >= 0.6 is 23.2 Å². The minimum atomic E-state index is -0.803. The second kappa shape index (κ2) is 15.8. The van der Waals surface area contributed by atoms with Crippen molar-refractivity contribution in [1.82, 2.24) is 10.7 Å². The molecule has 0 aromatic heterocycles. The largest absolute Gasteiger partial charge is 0.497 e. The van der Waals surface area contributed by atoms with Gasteiger partial charge < -0.3 is 19.5 Å². The highest BCUT2D eigenvalue weighted by atomic mass is 35.5. The third kappa shape index (κ3) is 8.99. The standard InChI is InChI=1S/C32H35Cl2N3O5/c1-6-8-23-15-21(16-28(41-7-2)30(23)42-19-24-9-12-25(33)17-27(24)34)18-35-37-32(39)29(20(3)4)36-31(38)22-10-13-26(40-5)14-11-22/h6,9-18,20,29H,1,7-8,19H2,2-5H3,(H,36,38)(H,37,39). The molecule has 0 heterocycles. The molecule has 2 N–H and O–H groups in total. The van der Waals surface area contributed by atoms with E-state index >= 15 is 0 Å². The number of nitrogens with one attached hydrogen (secondary N) is 2. The monoisotopic (exact) mass is 611 g/mol. The first-order valence-electron chi connectivity index (χ1n) is 13.4. The number of carbonyl (C=O) groups is 2. The number of carbonyl (C=O) groups excluding carboxylic acids is 2. The van der Waals surface area contributed by atoms with Gasteiger partial charge in [0, 0.05) is 26.7 Å². The minimum absolute atomic E-state index is 0.184. The molecular formula is C32H35Cl2N3O5. The lowest BCUT2D eigenvalue weighted by Gasteiger charge is -2.20. The number of hydrogen-bond acceptors (Lipinski definition) is 6. The molecule has 0 spiro atoms. The van der Waals surface area contributed by atoms with Crippen molar-refractivity contribution < 1.29 is 23.8 Å². The van der Waals surface area contributed by atoms with Gasteiger partial charge in [-0.2, -0.15) is 5.10 Å². The maximum atomic E-state index is 13.0. The maximum Gasteiger partial charge on any atom is 0.262 e.